The van der Waals surface area contributed by atoms with Gasteiger partial charge in [-0.25, -0.2) is 0 Å². The number of nitrogens with one attached hydrogen (secondary N) is 2. The monoisotopic (exact) mass is 273 g/mol. The lowest BCUT2D eigenvalue weighted by Crippen LogP contribution is -2.37. The van der Waals surface area contributed by atoms with Crippen molar-refractivity contribution in [2.75, 3.05) is 31.5 Å². The van der Waals surface area contributed by atoms with Gasteiger partial charge >= 0.3 is 0 Å². The number of para-hydroxylation sites is 1. The number of fused-ring (bicyclic) bond motifs is 1. The van der Waals surface area contributed by atoms with Crippen LogP contribution in [-0.4, -0.2) is 37.1 Å². The van der Waals surface area contributed by atoms with Crippen LogP contribution in [0.1, 0.15) is 37.3 Å². The molecule has 20 heavy (non-hydrogen) atoms. The molecule has 1 fully saturated rings. The number of nitrogens with zero attached hydrogens (tertiary/aromatic N) is 1. The van der Waals surface area contributed by atoms with Crippen LogP contribution in [-0.2, 0) is 13.0 Å². The summed E-state index contributed by atoms with van der Waals surface area (Å²) in [6.07, 6.45) is 5.24. The van der Waals surface area contributed by atoms with Gasteiger partial charge in [0.25, 0.3) is 0 Å². The first-order valence-corrected chi connectivity index (χ1v) is 8.13. The Morgan fingerprint density at radius 1 is 1.25 bits per heavy atom. The molecule has 1 unspecified atom stereocenters. The molecule has 1 aromatic rings. The summed E-state index contributed by atoms with van der Waals surface area (Å²) in [5, 5.41) is 7.27. The molecule has 0 spiro atoms. The van der Waals surface area contributed by atoms with E-state index in [1.165, 1.54) is 62.1 Å². The predicted octanol–water partition coefficient (Wildman–Crippen LogP) is 2.62. The molecule has 2 N–H and O–H groups in total. The Hall–Kier alpha value is -1.06. The SMILES string of the molecule is CC(CN1CCCC1)NCc1cccc2c1NCCC2. The minimum Gasteiger partial charge on any atom is -0.385 e. The van der Waals surface area contributed by atoms with E-state index in [-0.39, 0.29) is 0 Å². The zero-order valence-electron chi connectivity index (χ0n) is 12.6. The van der Waals surface area contributed by atoms with E-state index in [9.17, 15) is 0 Å². The number of likely N-dealkylation sites (tertiary alicyclic amines) is 1. The van der Waals surface area contributed by atoms with Crippen LogP contribution >= 0.6 is 0 Å². The Morgan fingerprint density at radius 2 is 2.10 bits per heavy atom. The minimum atomic E-state index is 0.563. The van der Waals surface area contributed by atoms with Crippen LogP contribution in [0.5, 0.6) is 0 Å². The summed E-state index contributed by atoms with van der Waals surface area (Å²) in [4.78, 5) is 2.58. The standard InChI is InChI=1S/C17H27N3/c1-14(13-20-10-2-3-11-20)19-12-16-7-4-6-15-8-5-9-18-17(15)16/h4,6-7,14,18-19H,2-3,5,8-13H2,1H3. The molecule has 3 rings (SSSR count). The van der Waals surface area contributed by atoms with E-state index in [1.807, 2.05) is 0 Å². The largest absolute Gasteiger partial charge is 0.385 e. The van der Waals surface area contributed by atoms with Crippen LogP contribution in [0.3, 0.4) is 0 Å². The van der Waals surface area contributed by atoms with Gasteiger partial charge in [-0.15, -0.1) is 0 Å². The van der Waals surface area contributed by atoms with E-state index in [4.69, 9.17) is 0 Å². The van der Waals surface area contributed by atoms with Crippen molar-refractivity contribution in [3.63, 3.8) is 0 Å². The van der Waals surface area contributed by atoms with Gasteiger partial charge in [0.05, 0.1) is 0 Å². The van der Waals surface area contributed by atoms with Gasteiger partial charge in [-0.2, -0.15) is 0 Å². The molecule has 0 radical (unpaired) electrons. The maximum Gasteiger partial charge on any atom is 0.0418 e. The Morgan fingerprint density at radius 3 is 2.95 bits per heavy atom. The van der Waals surface area contributed by atoms with Crippen LogP contribution < -0.4 is 10.6 Å². The highest BCUT2D eigenvalue weighted by Gasteiger charge is 2.16. The summed E-state index contributed by atoms with van der Waals surface area (Å²) >= 11 is 0. The van der Waals surface area contributed by atoms with E-state index in [2.05, 4.69) is 40.7 Å². The molecule has 0 aromatic heterocycles. The van der Waals surface area contributed by atoms with Gasteiger partial charge in [-0.3, -0.25) is 0 Å². The molecule has 1 aromatic carbocycles. The molecule has 0 amide bonds. The second-order valence-corrected chi connectivity index (χ2v) is 6.27. The Kier molecular flexibility index (Phi) is 4.58. The van der Waals surface area contributed by atoms with E-state index < -0.39 is 0 Å². The average Bonchev–Trinajstić information content (AvgIpc) is 2.98. The summed E-state index contributed by atoms with van der Waals surface area (Å²) in [7, 11) is 0. The van der Waals surface area contributed by atoms with Crippen LogP contribution in [0.4, 0.5) is 5.69 Å². The Bertz CT molecular complexity index is 438. The lowest BCUT2D eigenvalue weighted by Gasteiger charge is -2.24. The van der Waals surface area contributed by atoms with Gasteiger partial charge in [-0.05, 0) is 56.8 Å². The Balaban J connectivity index is 1.55. The number of aryl methyl sites for hydroxylation is 1. The van der Waals surface area contributed by atoms with Gasteiger partial charge in [0.1, 0.15) is 0 Å². The smallest absolute Gasteiger partial charge is 0.0418 e. The molecule has 2 aliphatic rings. The zero-order valence-corrected chi connectivity index (χ0v) is 12.6. The van der Waals surface area contributed by atoms with Crippen LogP contribution in [0.15, 0.2) is 18.2 Å². The molecule has 2 heterocycles. The van der Waals surface area contributed by atoms with Gasteiger partial charge in [0.15, 0.2) is 0 Å². The Labute approximate surface area is 122 Å². The lowest BCUT2D eigenvalue weighted by molar-refractivity contribution is 0.298. The fourth-order valence-electron chi connectivity index (χ4n) is 3.43. The molecular formula is C17H27N3. The molecule has 1 saturated heterocycles. The van der Waals surface area contributed by atoms with Crippen molar-refractivity contribution in [2.45, 2.75) is 45.2 Å². The normalized spacial score (nSPS) is 20.4. The number of anilines is 1. The third kappa shape index (κ3) is 3.33. The fraction of sp³-hybridized carbons (Fsp3) is 0.647. The van der Waals surface area contributed by atoms with Gasteiger partial charge < -0.3 is 15.5 Å². The minimum absolute atomic E-state index is 0.563. The lowest BCUT2D eigenvalue weighted by atomic mass is 9.99. The zero-order chi connectivity index (χ0) is 13.8. The van der Waals surface area contributed by atoms with Gasteiger partial charge in [-0.1, -0.05) is 18.2 Å². The molecule has 0 aliphatic carbocycles. The van der Waals surface area contributed by atoms with Crippen molar-refractivity contribution < 1.29 is 0 Å². The van der Waals surface area contributed by atoms with E-state index in [0.29, 0.717) is 6.04 Å². The van der Waals surface area contributed by atoms with E-state index in [1.54, 1.807) is 0 Å². The molecule has 110 valence electrons. The number of rotatable bonds is 5. The van der Waals surface area contributed by atoms with Gasteiger partial charge in [0.2, 0.25) is 0 Å². The van der Waals surface area contributed by atoms with Crippen LogP contribution in [0.25, 0.3) is 0 Å². The summed E-state index contributed by atoms with van der Waals surface area (Å²) < 4.78 is 0. The first-order chi connectivity index (χ1) is 9.83. The second-order valence-electron chi connectivity index (χ2n) is 6.27. The van der Waals surface area contributed by atoms with Crippen molar-refractivity contribution in [2.24, 2.45) is 0 Å². The van der Waals surface area contributed by atoms with Gasteiger partial charge in [0, 0.05) is 31.4 Å². The maximum absolute atomic E-state index is 3.69. The summed E-state index contributed by atoms with van der Waals surface area (Å²) in [6, 6.07) is 7.28. The molecule has 0 saturated carbocycles. The van der Waals surface area contributed by atoms with Crippen LogP contribution in [0.2, 0.25) is 0 Å². The third-order valence-corrected chi connectivity index (χ3v) is 4.53. The number of hydrogen-bond donors (Lipinski definition) is 2. The predicted molar refractivity (Wildman–Crippen MR) is 85.2 cm³/mol. The van der Waals surface area contributed by atoms with Crippen molar-refractivity contribution in [1.29, 1.82) is 0 Å². The fourth-order valence-corrected chi connectivity index (χ4v) is 3.43. The van der Waals surface area contributed by atoms with Crippen molar-refractivity contribution in [1.82, 2.24) is 10.2 Å². The molecule has 3 nitrogen and oxygen atoms in total. The topological polar surface area (TPSA) is 27.3 Å². The molecule has 3 heteroatoms. The van der Waals surface area contributed by atoms with Crippen LogP contribution in [0, 0.1) is 0 Å². The van der Waals surface area contributed by atoms with E-state index >= 15 is 0 Å². The first kappa shape index (κ1) is 13.9. The molecule has 0 bridgehead atoms. The highest BCUT2D eigenvalue weighted by molar-refractivity contribution is 5.59. The highest BCUT2D eigenvalue weighted by atomic mass is 15.2. The molecule has 2 aliphatic heterocycles. The first-order valence-electron chi connectivity index (χ1n) is 8.13. The summed E-state index contributed by atoms with van der Waals surface area (Å²) in [6.45, 7) is 8.16. The second kappa shape index (κ2) is 6.59. The van der Waals surface area contributed by atoms with E-state index in [0.717, 1.165) is 13.1 Å². The quantitative estimate of drug-likeness (QED) is 0.863. The summed E-state index contributed by atoms with van der Waals surface area (Å²) in [5.41, 5.74) is 4.30. The molecule has 1 atom stereocenters. The average molecular weight is 273 g/mol. The van der Waals surface area contributed by atoms with Crippen molar-refractivity contribution >= 4 is 5.69 Å². The third-order valence-electron chi connectivity index (χ3n) is 4.53. The highest BCUT2D eigenvalue weighted by Crippen LogP contribution is 2.25. The maximum atomic E-state index is 3.69. The van der Waals surface area contributed by atoms with Crippen molar-refractivity contribution in [3.8, 4) is 0 Å². The number of benzene rings is 1. The number of hydrogen-bond acceptors (Lipinski definition) is 3. The van der Waals surface area contributed by atoms with Crippen molar-refractivity contribution in [3.05, 3.63) is 29.3 Å². The molecular weight excluding hydrogens is 246 g/mol. The summed E-state index contributed by atoms with van der Waals surface area (Å²) in [5.74, 6) is 0.